The minimum absolute atomic E-state index is 0.0638. The highest BCUT2D eigenvalue weighted by atomic mass is 16.6. The number of carbonyl (C=O) groups is 4. The molecule has 0 spiro atoms. The highest BCUT2D eigenvalue weighted by Gasteiger charge is 2.32. The Hall–Kier alpha value is -3.62. The lowest BCUT2D eigenvalue weighted by Gasteiger charge is -2.32. The predicted molar refractivity (Wildman–Crippen MR) is 292 cm³/mol. The van der Waals surface area contributed by atoms with Crippen LogP contribution in [0.5, 0.6) is 11.5 Å². The number of hydrogen-bond donors (Lipinski definition) is 1. The summed E-state index contributed by atoms with van der Waals surface area (Å²) in [4.78, 5) is 52.7. The van der Waals surface area contributed by atoms with Crippen LogP contribution in [0.2, 0.25) is 0 Å². The van der Waals surface area contributed by atoms with Gasteiger partial charge in [-0.15, -0.1) is 0 Å². The molecule has 0 amide bonds. The number of rotatable bonds is 44. The topological polar surface area (TPSA) is 125 Å². The van der Waals surface area contributed by atoms with E-state index in [4.69, 9.17) is 18.9 Å². The van der Waals surface area contributed by atoms with E-state index in [1.54, 1.807) is 13.0 Å². The second kappa shape index (κ2) is 40.8. The Bertz CT molecular complexity index is 1600. The Balaban J connectivity index is 1.95. The van der Waals surface area contributed by atoms with Gasteiger partial charge in [-0.1, -0.05) is 218 Å². The van der Waals surface area contributed by atoms with Crippen LogP contribution in [-0.4, -0.2) is 48.3 Å². The molecule has 1 aromatic carbocycles. The van der Waals surface area contributed by atoms with E-state index in [1.807, 2.05) is 13.0 Å². The standard InChI is InChI=1S/C62H104O9/c1-8-11-14-16-18-20-22-24-26-28-30-32-35-38-58(64)68-47-53(48-69-59(65)39-36-33-31-29-27-25-23-21-19-17-15-12-9-2)70-60(66)43-51(7)44-61(67)71-57-46-52(37-34-13-10-3)45-56(63)62(57)55-42-50(6)40-41-54(55)49(4)5/h42,45-46,51,53-55,63H,4,8-41,43-44,47-48H2,1-3,5-7H3/t51?,54-,55+/m0/s1. The van der Waals surface area contributed by atoms with E-state index in [1.165, 1.54) is 134 Å². The van der Waals surface area contributed by atoms with Crippen molar-refractivity contribution in [1.29, 1.82) is 0 Å². The maximum atomic E-state index is 13.6. The van der Waals surface area contributed by atoms with Gasteiger partial charge < -0.3 is 24.1 Å². The highest BCUT2D eigenvalue weighted by molar-refractivity contribution is 5.76. The summed E-state index contributed by atoms with van der Waals surface area (Å²) < 4.78 is 23.1. The molecule has 1 aromatic rings. The number of aryl methyl sites for hydroxylation is 1. The molecule has 71 heavy (non-hydrogen) atoms. The summed E-state index contributed by atoms with van der Waals surface area (Å²) in [6, 6.07) is 3.69. The Morgan fingerprint density at radius 3 is 1.48 bits per heavy atom. The summed E-state index contributed by atoms with van der Waals surface area (Å²) >= 11 is 0. The first-order chi connectivity index (χ1) is 34.4. The van der Waals surface area contributed by atoms with E-state index in [9.17, 15) is 24.3 Å². The van der Waals surface area contributed by atoms with E-state index in [0.717, 1.165) is 88.2 Å². The molecule has 3 atom stereocenters. The van der Waals surface area contributed by atoms with Crippen molar-refractivity contribution < 1.29 is 43.2 Å². The molecule has 1 N–H and O–H groups in total. The van der Waals surface area contributed by atoms with Crippen LogP contribution in [0, 0.1) is 11.8 Å². The first-order valence-corrected chi connectivity index (χ1v) is 29.3. The van der Waals surface area contributed by atoms with Crippen molar-refractivity contribution in [3.8, 4) is 11.5 Å². The number of unbranched alkanes of at least 4 members (excludes halogenated alkanes) is 26. The van der Waals surface area contributed by atoms with Gasteiger partial charge in [0.25, 0.3) is 0 Å². The maximum absolute atomic E-state index is 13.6. The summed E-state index contributed by atoms with van der Waals surface area (Å²) in [6.45, 7) is 16.4. The van der Waals surface area contributed by atoms with Gasteiger partial charge in [-0.2, -0.15) is 0 Å². The second-order valence-corrected chi connectivity index (χ2v) is 21.5. The van der Waals surface area contributed by atoms with Gasteiger partial charge in [-0.3, -0.25) is 19.2 Å². The first-order valence-electron chi connectivity index (χ1n) is 29.3. The minimum atomic E-state index is -0.970. The van der Waals surface area contributed by atoms with Gasteiger partial charge in [0, 0.05) is 37.2 Å². The fourth-order valence-corrected chi connectivity index (χ4v) is 9.96. The summed E-state index contributed by atoms with van der Waals surface area (Å²) in [5.74, 6) is -1.91. The number of aromatic hydroxyl groups is 1. The van der Waals surface area contributed by atoms with Gasteiger partial charge in [0.15, 0.2) is 6.10 Å². The first kappa shape index (κ1) is 63.5. The van der Waals surface area contributed by atoms with Crippen molar-refractivity contribution in [1.82, 2.24) is 0 Å². The lowest BCUT2D eigenvalue weighted by atomic mass is 9.73. The minimum Gasteiger partial charge on any atom is -0.507 e. The number of allylic oxidation sites excluding steroid dienone is 3. The van der Waals surface area contributed by atoms with Crippen LogP contribution < -0.4 is 4.74 Å². The zero-order valence-corrected chi connectivity index (χ0v) is 46.3. The molecular weight excluding hydrogens is 889 g/mol. The number of ether oxygens (including phenoxy) is 4. The number of carbonyl (C=O) groups excluding carboxylic acids is 4. The van der Waals surface area contributed by atoms with Crippen LogP contribution in [0.1, 0.15) is 283 Å². The zero-order chi connectivity index (χ0) is 51.9. The molecular formula is C62H104O9. The zero-order valence-electron chi connectivity index (χ0n) is 46.3. The average Bonchev–Trinajstić information content (AvgIpc) is 3.32. The van der Waals surface area contributed by atoms with E-state index >= 15 is 0 Å². The third-order valence-corrected chi connectivity index (χ3v) is 14.3. The molecule has 0 fully saturated rings. The Kier molecular flexibility index (Phi) is 36.5. The van der Waals surface area contributed by atoms with Crippen molar-refractivity contribution in [3.05, 3.63) is 47.1 Å². The van der Waals surface area contributed by atoms with Crippen LogP contribution in [0.25, 0.3) is 0 Å². The van der Waals surface area contributed by atoms with Crippen LogP contribution in [0.3, 0.4) is 0 Å². The van der Waals surface area contributed by atoms with Crippen LogP contribution in [0.15, 0.2) is 35.9 Å². The Labute approximate surface area is 433 Å². The number of esters is 4. The maximum Gasteiger partial charge on any atom is 0.311 e. The molecule has 1 unspecified atom stereocenters. The van der Waals surface area contributed by atoms with E-state index in [2.05, 4.69) is 40.3 Å². The normalized spacial score (nSPS) is 15.1. The molecule has 0 bridgehead atoms. The molecule has 9 heteroatoms. The molecule has 0 aliphatic heterocycles. The summed E-state index contributed by atoms with van der Waals surface area (Å²) in [5, 5.41) is 11.5. The third-order valence-electron chi connectivity index (χ3n) is 14.3. The van der Waals surface area contributed by atoms with Crippen LogP contribution in [0.4, 0.5) is 0 Å². The molecule has 406 valence electrons. The number of hydrogen-bond acceptors (Lipinski definition) is 9. The van der Waals surface area contributed by atoms with Gasteiger partial charge in [0.2, 0.25) is 0 Å². The molecule has 9 nitrogen and oxygen atoms in total. The molecule has 0 saturated carbocycles. The summed E-state index contributed by atoms with van der Waals surface area (Å²) in [5.41, 5.74) is 3.73. The molecule has 2 rings (SSSR count). The van der Waals surface area contributed by atoms with Crippen LogP contribution >= 0.6 is 0 Å². The van der Waals surface area contributed by atoms with Crippen molar-refractivity contribution in [3.63, 3.8) is 0 Å². The SMILES string of the molecule is C=C(C)[C@@H]1CCC(C)=C[C@H]1c1c(O)cc(CCCCC)cc1OC(=O)CC(C)CC(=O)OC(COC(=O)CCCCCCCCCCCCCCC)COC(=O)CCCCCCCCCCCCCCC. The largest absolute Gasteiger partial charge is 0.507 e. The quantitative estimate of drug-likeness (QED) is 0.0224. The fraction of sp³-hybridized carbons (Fsp3) is 0.774. The Morgan fingerprint density at radius 1 is 0.606 bits per heavy atom. The molecule has 0 aromatic heterocycles. The van der Waals surface area contributed by atoms with Gasteiger partial charge in [-0.25, -0.2) is 0 Å². The number of benzene rings is 1. The van der Waals surface area contributed by atoms with E-state index in [0.29, 0.717) is 11.3 Å². The van der Waals surface area contributed by atoms with Gasteiger partial charge in [-0.05, 0) is 81.9 Å². The predicted octanol–water partition coefficient (Wildman–Crippen LogP) is 17.4. The molecule has 0 radical (unpaired) electrons. The van der Waals surface area contributed by atoms with Gasteiger partial charge >= 0.3 is 23.9 Å². The van der Waals surface area contributed by atoms with Gasteiger partial charge in [0.1, 0.15) is 24.7 Å². The average molecular weight is 994 g/mol. The van der Waals surface area contributed by atoms with E-state index < -0.39 is 24.0 Å². The van der Waals surface area contributed by atoms with E-state index in [-0.39, 0.29) is 68.4 Å². The lowest BCUT2D eigenvalue weighted by molar-refractivity contribution is -0.167. The van der Waals surface area contributed by atoms with Crippen LogP contribution in [-0.2, 0) is 39.8 Å². The number of phenolic OH excluding ortho intramolecular Hbond substituents is 1. The smallest absolute Gasteiger partial charge is 0.311 e. The summed E-state index contributed by atoms with van der Waals surface area (Å²) in [7, 11) is 0. The molecule has 1 aliphatic carbocycles. The highest BCUT2D eigenvalue weighted by Crippen LogP contribution is 2.47. The molecule has 0 saturated heterocycles. The van der Waals surface area contributed by atoms with Gasteiger partial charge in [0.05, 0.1) is 0 Å². The molecule has 1 aliphatic rings. The number of phenols is 1. The lowest BCUT2D eigenvalue weighted by Crippen LogP contribution is -2.31. The fourth-order valence-electron chi connectivity index (χ4n) is 9.96. The monoisotopic (exact) mass is 993 g/mol. The summed E-state index contributed by atoms with van der Waals surface area (Å²) in [6.07, 6.45) is 38.8. The van der Waals surface area contributed by atoms with Crippen molar-refractivity contribution in [2.45, 2.75) is 285 Å². The third kappa shape index (κ3) is 30.9. The Morgan fingerprint density at radius 2 is 1.03 bits per heavy atom. The van der Waals surface area contributed by atoms with Crippen molar-refractivity contribution in [2.24, 2.45) is 11.8 Å². The second-order valence-electron chi connectivity index (χ2n) is 21.5. The van der Waals surface area contributed by atoms with Crippen molar-refractivity contribution >= 4 is 23.9 Å². The molecule has 0 heterocycles. The van der Waals surface area contributed by atoms with Crippen molar-refractivity contribution in [2.75, 3.05) is 13.2 Å².